The summed E-state index contributed by atoms with van der Waals surface area (Å²) in [4.78, 5) is 12.6. The van der Waals surface area contributed by atoms with Crippen molar-refractivity contribution in [2.24, 2.45) is 11.8 Å². The predicted octanol–water partition coefficient (Wildman–Crippen LogP) is 6.01. The van der Waals surface area contributed by atoms with Crippen molar-refractivity contribution in [3.8, 4) is 12.1 Å². The fourth-order valence-corrected chi connectivity index (χ4v) is 4.53. The normalized spacial score (nSPS) is 26.8. The number of nitriles is 2. The van der Waals surface area contributed by atoms with Crippen LogP contribution in [0.2, 0.25) is 0 Å². The maximum Gasteiger partial charge on any atom is 0.309 e. The Bertz CT molecular complexity index is 926. The van der Waals surface area contributed by atoms with E-state index < -0.39 is 11.6 Å². The number of carbonyl (C=O) groups is 1. The molecule has 0 aromatic heterocycles. The van der Waals surface area contributed by atoms with Gasteiger partial charge in [0.15, 0.2) is 5.83 Å². The topological polar surface area (TPSA) is 73.9 Å². The van der Waals surface area contributed by atoms with E-state index >= 15 is 0 Å². The van der Waals surface area contributed by atoms with E-state index in [4.69, 9.17) is 15.3 Å². The molecule has 2 fully saturated rings. The summed E-state index contributed by atoms with van der Waals surface area (Å²) in [6.07, 6.45) is 10.9. The third-order valence-corrected chi connectivity index (χ3v) is 6.38. The standard InChI is InChI=1S/C25H26F2N2O2/c26-22(16-29)3-1-2-17-4-12-23(13-5-17)31-25(30)19-8-6-18(7-9-19)20-10-11-21(15-28)24(27)14-20/h1-3,10-11,14,17-19,23H,4-9,12-13H2. The molecule has 0 spiro atoms. The number of nitrogens with zero attached hydrogens (tertiary/aromatic N) is 2. The Hall–Kier alpha value is -2.99. The molecule has 0 N–H and O–H groups in total. The monoisotopic (exact) mass is 424 g/mol. The van der Waals surface area contributed by atoms with Crippen LogP contribution in [0.3, 0.4) is 0 Å². The molecule has 0 amide bonds. The molecular weight excluding hydrogens is 398 g/mol. The van der Waals surface area contributed by atoms with E-state index in [1.165, 1.54) is 18.2 Å². The van der Waals surface area contributed by atoms with Crippen LogP contribution in [0.15, 0.2) is 42.3 Å². The van der Waals surface area contributed by atoms with Gasteiger partial charge in [0.1, 0.15) is 24.1 Å². The van der Waals surface area contributed by atoms with Gasteiger partial charge in [0.2, 0.25) is 0 Å². The molecule has 1 aromatic carbocycles. The van der Waals surface area contributed by atoms with Gasteiger partial charge in [0.25, 0.3) is 0 Å². The first-order chi connectivity index (χ1) is 15.0. The Balaban J connectivity index is 1.42. The Morgan fingerprint density at radius 1 is 1.06 bits per heavy atom. The molecule has 0 bridgehead atoms. The number of allylic oxidation sites excluding steroid dienone is 4. The molecule has 0 saturated heterocycles. The largest absolute Gasteiger partial charge is 0.462 e. The van der Waals surface area contributed by atoms with Gasteiger partial charge in [0.05, 0.1) is 11.5 Å². The second-order valence-corrected chi connectivity index (χ2v) is 8.38. The molecule has 2 aliphatic rings. The van der Waals surface area contributed by atoms with Gasteiger partial charge in [-0.15, -0.1) is 0 Å². The van der Waals surface area contributed by atoms with Crippen molar-refractivity contribution in [2.45, 2.75) is 63.4 Å². The van der Waals surface area contributed by atoms with Crippen LogP contribution in [0.1, 0.15) is 68.4 Å². The quantitative estimate of drug-likeness (QED) is 0.330. The summed E-state index contributed by atoms with van der Waals surface area (Å²) in [6.45, 7) is 0. The molecule has 4 nitrogen and oxygen atoms in total. The maximum absolute atomic E-state index is 13.9. The molecule has 0 aliphatic heterocycles. The first kappa shape index (κ1) is 22.7. The van der Waals surface area contributed by atoms with Gasteiger partial charge in [-0.25, -0.2) is 4.39 Å². The molecule has 2 aliphatic carbocycles. The average Bonchev–Trinajstić information content (AvgIpc) is 2.80. The molecule has 31 heavy (non-hydrogen) atoms. The zero-order chi connectivity index (χ0) is 22.2. The lowest BCUT2D eigenvalue weighted by atomic mass is 9.78. The van der Waals surface area contributed by atoms with E-state index in [-0.39, 0.29) is 29.5 Å². The molecule has 3 rings (SSSR count). The average molecular weight is 424 g/mol. The minimum Gasteiger partial charge on any atom is -0.462 e. The molecule has 6 heteroatoms. The highest BCUT2D eigenvalue weighted by molar-refractivity contribution is 5.72. The van der Waals surface area contributed by atoms with Gasteiger partial charge in [-0.2, -0.15) is 14.9 Å². The predicted molar refractivity (Wildman–Crippen MR) is 112 cm³/mol. The first-order valence-corrected chi connectivity index (χ1v) is 10.8. The molecule has 2 saturated carbocycles. The minimum atomic E-state index is -0.807. The summed E-state index contributed by atoms with van der Waals surface area (Å²) >= 11 is 0. The molecule has 0 unspecified atom stereocenters. The Labute approximate surface area is 181 Å². The second-order valence-electron chi connectivity index (χ2n) is 8.38. The van der Waals surface area contributed by atoms with Gasteiger partial charge < -0.3 is 4.74 Å². The second kappa shape index (κ2) is 10.9. The maximum atomic E-state index is 13.9. The summed E-state index contributed by atoms with van der Waals surface area (Å²) in [5.74, 6) is -1.04. The van der Waals surface area contributed by atoms with Crippen molar-refractivity contribution in [3.63, 3.8) is 0 Å². The summed E-state index contributed by atoms with van der Waals surface area (Å²) < 4.78 is 32.4. The molecule has 162 valence electrons. The van der Waals surface area contributed by atoms with Gasteiger partial charge >= 0.3 is 5.97 Å². The Morgan fingerprint density at radius 2 is 1.77 bits per heavy atom. The van der Waals surface area contributed by atoms with Crippen molar-refractivity contribution in [1.82, 2.24) is 0 Å². The van der Waals surface area contributed by atoms with Crippen LogP contribution in [0.4, 0.5) is 8.78 Å². The van der Waals surface area contributed by atoms with E-state index in [1.807, 2.05) is 18.2 Å². The number of benzene rings is 1. The summed E-state index contributed by atoms with van der Waals surface area (Å²) in [5.41, 5.74) is 0.941. The van der Waals surface area contributed by atoms with Crippen molar-refractivity contribution in [2.75, 3.05) is 0 Å². The third kappa shape index (κ3) is 6.25. The smallest absolute Gasteiger partial charge is 0.309 e. The van der Waals surface area contributed by atoms with Crippen LogP contribution in [0.25, 0.3) is 0 Å². The first-order valence-electron chi connectivity index (χ1n) is 10.8. The highest BCUT2D eigenvalue weighted by Crippen LogP contribution is 2.37. The zero-order valence-electron chi connectivity index (χ0n) is 17.4. The van der Waals surface area contributed by atoms with Gasteiger partial charge in [-0.3, -0.25) is 4.79 Å². The number of rotatable bonds is 5. The van der Waals surface area contributed by atoms with E-state index in [9.17, 15) is 13.6 Å². The lowest BCUT2D eigenvalue weighted by molar-refractivity contribution is -0.157. The summed E-state index contributed by atoms with van der Waals surface area (Å²) in [7, 11) is 0. The summed E-state index contributed by atoms with van der Waals surface area (Å²) in [5, 5.41) is 17.3. The van der Waals surface area contributed by atoms with Crippen LogP contribution in [-0.2, 0) is 9.53 Å². The van der Waals surface area contributed by atoms with Crippen LogP contribution < -0.4 is 0 Å². The number of halogens is 2. The van der Waals surface area contributed by atoms with Crippen molar-refractivity contribution in [1.29, 1.82) is 10.5 Å². The Kier molecular flexibility index (Phi) is 7.95. The van der Waals surface area contributed by atoms with Crippen LogP contribution in [-0.4, -0.2) is 12.1 Å². The Morgan fingerprint density at radius 3 is 2.39 bits per heavy atom. The van der Waals surface area contributed by atoms with Crippen molar-refractivity contribution < 1.29 is 18.3 Å². The molecule has 0 radical (unpaired) electrons. The lowest BCUT2D eigenvalue weighted by Gasteiger charge is -2.31. The lowest BCUT2D eigenvalue weighted by Crippen LogP contribution is -2.29. The number of hydrogen-bond acceptors (Lipinski definition) is 4. The van der Waals surface area contributed by atoms with E-state index in [0.717, 1.165) is 63.0 Å². The minimum absolute atomic E-state index is 0.0528. The fraction of sp³-hybridized carbons (Fsp3) is 0.480. The highest BCUT2D eigenvalue weighted by atomic mass is 19.1. The van der Waals surface area contributed by atoms with Crippen molar-refractivity contribution in [3.05, 3.63) is 59.2 Å². The molecule has 1 aromatic rings. The van der Waals surface area contributed by atoms with Crippen molar-refractivity contribution >= 4 is 5.97 Å². The molecule has 0 atom stereocenters. The number of hydrogen-bond donors (Lipinski definition) is 0. The molecular formula is C25H26F2N2O2. The number of carbonyl (C=O) groups excluding carboxylic acids is 1. The third-order valence-electron chi connectivity index (χ3n) is 6.38. The SMILES string of the molecule is N#CC(F)=CC=CC1CCC(OC(=O)C2CCC(c3ccc(C#N)c(F)c3)CC2)CC1. The van der Waals surface area contributed by atoms with Crippen LogP contribution in [0, 0.1) is 40.3 Å². The van der Waals surface area contributed by atoms with Crippen LogP contribution in [0.5, 0.6) is 0 Å². The van der Waals surface area contributed by atoms with E-state index in [2.05, 4.69) is 0 Å². The fourth-order valence-electron chi connectivity index (χ4n) is 4.53. The van der Waals surface area contributed by atoms with Gasteiger partial charge in [0, 0.05) is 0 Å². The van der Waals surface area contributed by atoms with E-state index in [1.54, 1.807) is 6.08 Å². The highest BCUT2D eigenvalue weighted by Gasteiger charge is 2.31. The van der Waals surface area contributed by atoms with Gasteiger partial charge in [-0.05, 0) is 87.0 Å². The van der Waals surface area contributed by atoms with Gasteiger partial charge in [-0.1, -0.05) is 18.2 Å². The van der Waals surface area contributed by atoms with Crippen LogP contribution >= 0.6 is 0 Å². The number of ether oxygens (including phenoxy) is 1. The zero-order valence-corrected chi connectivity index (χ0v) is 17.4. The summed E-state index contributed by atoms with van der Waals surface area (Å²) in [6, 6.07) is 8.05. The molecule has 0 heterocycles. The van der Waals surface area contributed by atoms with E-state index in [0.29, 0.717) is 5.92 Å². The number of esters is 1.